The van der Waals surface area contributed by atoms with Crippen molar-refractivity contribution in [2.75, 3.05) is 91.3 Å². The maximum absolute atomic E-state index is 13.0. The fraction of sp³-hybridized carbons (Fsp3) is 0.527. The highest BCUT2D eigenvalue weighted by Gasteiger charge is 2.42. The SMILES string of the molecule is O=C(CCCCCNC(=O)NCCOCCOCCCS(=O)(=O)c1ccc(O[C@@H]2CCc3c(Cl)cc(Cl)cc32)cc1)CCCOCCOCCNS(=O)(=O)c1ccc(O[C@H]2c3cc(Cl)cc(Cl)c3C[C@@H]2N2CC[C@@H](O)C2)cc1. The molecule has 78 heavy (non-hydrogen) atoms. The molecule has 428 valence electrons. The smallest absolute Gasteiger partial charge is 0.314 e. The normalized spacial score (nSPS) is 18.2. The minimum absolute atomic E-state index is 0.0608. The number of sulfonamides is 1. The van der Waals surface area contributed by atoms with Gasteiger partial charge in [-0.25, -0.2) is 26.4 Å². The molecule has 4 atom stereocenters. The van der Waals surface area contributed by atoms with Gasteiger partial charge >= 0.3 is 6.03 Å². The van der Waals surface area contributed by atoms with Gasteiger partial charge in [0, 0.05) is 84.4 Å². The first-order valence-corrected chi connectivity index (χ1v) is 31.2. The molecule has 0 bridgehead atoms. The van der Waals surface area contributed by atoms with Crippen molar-refractivity contribution in [3.05, 3.63) is 115 Å². The number of urea groups is 1. The van der Waals surface area contributed by atoms with Crippen LogP contribution in [-0.4, -0.2) is 142 Å². The number of aliphatic hydroxyl groups excluding tert-OH is 1. The number of aliphatic hydroxyl groups is 1. The van der Waals surface area contributed by atoms with E-state index in [0.717, 1.165) is 60.9 Å². The van der Waals surface area contributed by atoms with Crippen LogP contribution in [0.1, 0.15) is 92.2 Å². The molecule has 17 nitrogen and oxygen atoms in total. The van der Waals surface area contributed by atoms with Crippen LogP contribution in [0, 0.1) is 0 Å². The molecule has 0 aromatic heterocycles. The number of carbonyl (C=O) groups is 2. The van der Waals surface area contributed by atoms with Crippen LogP contribution in [0.4, 0.5) is 4.79 Å². The number of halogens is 4. The van der Waals surface area contributed by atoms with E-state index in [1.807, 2.05) is 12.1 Å². The van der Waals surface area contributed by atoms with Gasteiger partial charge in [-0.3, -0.25) is 9.69 Å². The van der Waals surface area contributed by atoms with Crippen LogP contribution < -0.4 is 24.8 Å². The molecule has 0 unspecified atom stereocenters. The number of nitrogens with one attached hydrogen (secondary N) is 3. The van der Waals surface area contributed by atoms with Crippen molar-refractivity contribution in [2.45, 2.75) is 105 Å². The average Bonchev–Trinajstić information content (AvgIpc) is 4.23. The molecule has 1 fully saturated rings. The Morgan fingerprint density at radius 3 is 1.88 bits per heavy atom. The average molecular weight is 1200 g/mol. The number of Topliss-reactive ketones (excluding diaryl/α,β-unsaturated/α-hetero) is 1. The first kappa shape index (κ1) is 61.8. The second-order valence-electron chi connectivity index (χ2n) is 19.4. The Kier molecular flexibility index (Phi) is 24.5. The minimum atomic E-state index is -3.80. The topological polar surface area (TPSA) is 217 Å². The summed E-state index contributed by atoms with van der Waals surface area (Å²) < 4.78 is 89.1. The Bertz CT molecular complexity index is 2820. The fourth-order valence-corrected chi connectivity index (χ4v) is 13.2. The highest BCUT2D eigenvalue weighted by atomic mass is 35.5. The molecule has 1 saturated heterocycles. The quantitative estimate of drug-likeness (QED) is 0.0321. The van der Waals surface area contributed by atoms with Gasteiger partial charge in [-0.15, -0.1) is 0 Å². The van der Waals surface area contributed by atoms with E-state index in [2.05, 4.69) is 20.3 Å². The van der Waals surface area contributed by atoms with Crippen molar-refractivity contribution in [2.24, 2.45) is 0 Å². The summed E-state index contributed by atoms with van der Waals surface area (Å²) in [6.45, 7) is 4.43. The molecule has 0 radical (unpaired) electrons. The third-order valence-electron chi connectivity index (χ3n) is 13.7. The molecular weight excluding hydrogens is 1130 g/mol. The monoisotopic (exact) mass is 1200 g/mol. The first-order valence-electron chi connectivity index (χ1n) is 26.5. The lowest BCUT2D eigenvalue weighted by Gasteiger charge is -2.30. The molecule has 0 spiro atoms. The number of β-amino-alcohol motifs (C(OH)–C–C–N with tert-alkyl or cyclic N) is 1. The molecule has 4 N–H and O–H groups in total. The summed E-state index contributed by atoms with van der Waals surface area (Å²) in [5.74, 6) is 1.15. The molecule has 7 rings (SSSR count). The molecule has 2 aliphatic carbocycles. The van der Waals surface area contributed by atoms with Crippen molar-refractivity contribution in [3.8, 4) is 11.5 Å². The number of likely N-dealkylation sites (tertiary alicyclic amines) is 1. The van der Waals surface area contributed by atoms with Gasteiger partial charge in [0.15, 0.2) is 9.84 Å². The summed E-state index contributed by atoms with van der Waals surface area (Å²) in [5, 5.41) is 18.0. The highest BCUT2D eigenvalue weighted by Crippen LogP contribution is 2.44. The van der Waals surface area contributed by atoms with Crippen LogP contribution in [0.5, 0.6) is 11.5 Å². The molecule has 23 heteroatoms. The number of rotatable bonds is 34. The van der Waals surface area contributed by atoms with E-state index in [9.17, 15) is 31.5 Å². The Balaban J connectivity index is 0.622. The van der Waals surface area contributed by atoms with Gasteiger partial charge in [0.25, 0.3) is 0 Å². The number of hydrogen-bond acceptors (Lipinski definition) is 14. The van der Waals surface area contributed by atoms with Gasteiger partial charge in [-0.1, -0.05) is 52.8 Å². The maximum Gasteiger partial charge on any atom is 0.314 e. The molecule has 1 aliphatic heterocycles. The molecular formula is C55H70Cl4N4O13S2. The summed E-state index contributed by atoms with van der Waals surface area (Å²) in [6.07, 6.45) is 5.93. The lowest BCUT2D eigenvalue weighted by atomic mass is 10.1. The largest absolute Gasteiger partial charge is 0.486 e. The van der Waals surface area contributed by atoms with Crippen LogP contribution in [0.25, 0.3) is 0 Å². The number of benzene rings is 4. The lowest BCUT2D eigenvalue weighted by molar-refractivity contribution is -0.119. The Morgan fingerprint density at radius 2 is 1.21 bits per heavy atom. The molecule has 0 saturated carbocycles. The molecule has 2 amide bonds. The zero-order valence-electron chi connectivity index (χ0n) is 43.5. The van der Waals surface area contributed by atoms with Crippen molar-refractivity contribution < 1.29 is 60.0 Å². The third kappa shape index (κ3) is 18.9. The van der Waals surface area contributed by atoms with Crippen LogP contribution in [0.2, 0.25) is 20.1 Å². The second kappa shape index (κ2) is 30.9. The Morgan fingerprint density at radius 1 is 0.615 bits per heavy atom. The number of amides is 2. The van der Waals surface area contributed by atoms with Crippen LogP contribution in [-0.2, 0) is 56.4 Å². The Hall–Kier alpha value is -3.80. The van der Waals surface area contributed by atoms with Crippen LogP contribution in [0.15, 0.2) is 82.6 Å². The van der Waals surface area contributed by atoms with Gasteiger partial charge in [0.05, 0.1) is 67.3 Å². The van der Waals surface area contributed by atoms with Crippen LogP contribution >= 0.6 is 46.4 Å². The number of unbranched alkanes of at least 4 members (excludes halogenated alkanes) is 2. The summed E-state index contributed by atoms with van der Waals surface area (Å²) in [4.78, 5) is 26.9. The van der Waals surface area contributed by atoms with E-state index in [4.69, 9.17) is 74.8 Å². The predicted octanol–water partition coefficient (Wildman–Crippen LogP) is 8.90. The predicted molar refractivity (Wildman–Crippen MR) is 300 cm³/mol. The minimum Gasteiger partial charge on any atom is -0.486 e. The summed E-state index contributed by atoms with van der Waals surface area (Å²) >= 11 is 25.5. The van der Waals surface area contributed by atoms with Crippen molar-refractivity contribution in [3.63, 3.8) is 0 Å². The van der Waals surface area contributed by atoms with Crippen molar-refractivity contribution in [1.82, 2.24) is 20.3 Å². The second-order valence-corrected chi connectivity index (χ2v) is 25.0. The summed E-state index contributed by atoms with van der Waals surface area (Å²) in [6, 6.07) is 19.5. The lowest BCUT2D eigenvalue weighted by Crippen LogP contribution is -2.39. The number of hydrogen-bond donors (Lipinski definition) is 4. The summed E-state index contributed by atoms with van der Waals surface area (Å²) in [5.41, 5.74) is 3.83. The van der Waals surface area contributed by atoms with E-state index in [0.29, 0.717) is 123 Å². The zero-order chi connectivity index (χ0) is 55.5. The molecule has 4 aromatic carbocycles. The number of nitrogens with zero attached hydrogens (tertiary/aromatic N) is 1. The third-order valence-corrected chi connectivity index (χ3v) is 18.1. The van der Waals surface area contributed by atoms with Crippen molar-refractivity contribution >= 4 is 78.1 Å². The zero-order valence-corrected chi connectivity index (χ0v) is 48.2. The highest BCUT2D eigenvalue weighted by molar-refractivity contribution is 7.91. The van der Waals surface area contributed by atoms with Gasteiger partial charge < -0.3 is 44.2 Å². The number of ether oxygens (including phenoxy) is 6. The van der Waals surface area contributed by atoms with Gasteiger partial charge in [0.1, 0.15) is 29.5 Å². The van der Waals surface area contributed by atoms with Gasteiger partial charge in [0.2, 0.25) is 10.0 Å². The standard InChI is InChI=1S/C55H70Cl4N4O13S2/c56-38-32-48-46(50(58)34-38)16-17-53(48)75-42-8-12-44(13-9-42)77(67,68)31-5-24-72-28-29-73-25-20-61-55(66)60-19-3-1-2-6-40(64)7-4-23-71-27-30-74-26-21-62-78(69,70)45-14-10-43(11-15-45)76-54-49-33-39(57)35-51(59)47(49)36-52(54)63-22-18-41(65)37-63/h8-15,32-35,41,52-54,62,65H,1-7,16-31,36-37H2,(H2,60,61,66)/t41-,52+,53-,54+/m1/s1. The molecule has 3 aliphatic rings. The van der Waals surface area contributed by atoms with Crippen molar-refractivity contribution in [1.29, 1.82) is 0 Å². The van der Waals surface area contributed by atoms with E-state index in [1.165, 1.54) is 12.1 Å². The first-order chi connectivity index (χ1) is 37.6. The number of carbonyl (C=O) groups excluding carboxylic acids is 2. The molecule has 4 aromatic rings. The number of sulfone groups is 1. The van der Waals surface area contributed by atoms with Gasteiger partial charge in [-0.05, 0) is 141 Å². The maximum atomic E-state index is 13.0. The number of ketones is 1. The van der Waals surface area contributed by atoms with E-state index >= 15 is 0 Å². The van der Waals surface area contributed by atoms with E-state index in [1.54, 1.807) is 48.5 Å². The van der Waals surface area contributed by atoms with Gasteiger partial charge in [-0.2, -0.15) is 0 Å². The van der Waals surface area contributed by atoms with Crippen LogP contribution in [0.3, 0.4) is 0 Å². The number of fused-ring (bicyclic) bond motifs is 2. The Labute approximate surface area is 478 Å². The van der Waals surface area contributed by atoms with E-state index in [-0.39, 0.29) is 65.9 Å². The molecule has 1 heterocycles. The fourth-order valence-electron chi connectivity index (χ4n) is 9.68. The summed E-state index contributed by atoms with van der Waals surface area (Å²) in [7, 11) is -7.31. The van der Waals surface area contributed by atoms with E-state index < -0.39 is 32.1 Å².